The third-order valence-electron chi connectivity index (χ3n) is 6.04. The van der Waals surface area contributed by atoms with E-state index < -0.39 is 0 Å². The third-order valence-corrected chi connectivity index (χ3v) is 6.04. The van der Waals surface area contributed by atoms with Crippen molar-refractivity contribution in [1.82, 2.24) is 15.0 Å². The van der Waals surface area contributed by atoms with Gasteiger partial charge in [-0.15, -0.1) is 10.2 Å². The van der Waals surface area contributed by atoms with E-state index in [-0.39, 0.29) is 0 Å². The van der Waals surface area contributed by atoms with Gasteiger partial charge >= 0.3 is 0 Å². The molecule has 0 saturated carbocycles. The van der Waals surface area contributed by atoms with Crippen LogP contribution in [0.2, 0.25) is 0 Å². The van der Waals surface area contributed by atoms with E-state index in [0.717, 1.165) is 55.2 Å². The minimum atomic E-state index is 0.874. The van der Waals surface area contributed by atoms with Crippen LogP contribution in [0, 0.1) is 0 Å². The van der Waals surface area contributed by atoms with Crippen molar-refractivity contribution in [3.63, 3.8) is 0 Å². The first-order chi connectivity index (χ1) is 15.8. The number of nitrogens with zero attached hydrogens (tertiary/aromatic N) is 3. The number of hydrogen-bond donors (Lipinski definition) is 0. The van der Waals surface area contributed by atoms with Gasteiger partial charge in [-0.05, 0) is 70.4 Å². The number of fused-ring (bicyclic) bond motifs is 5. The van der Waals surface area contributed by atoms with Crippen LogP contribution in [0.15, 0.2) is 108 Å². The lowest BCUT2D eigenvalue weighted by Gasteiger charge is -2.04. The van der Waals surface area contributed by atoms with Crippen molar-refractivity contribution in [2.45, 2.75) is 0 Å². The molecule has 7 aromatic rings. The van der Waals surface area contributed by atoms with E-state index in [4.69, 9.17) is 4.42 Å². The van der Waals surface area contributed by atoms with Gasteiger partial charge in [0, 0.05) is 10.8 Å². The van der Waals surface area contributed by atoms with E-state index in [1.54, 1.807) is 4.80 Å². The molecule has 2 heterocycles. The van der Waals surface area contributed by atoms with Crippen LogP contribution in [-0.2, 0) is 0 Å². The molecule has 2 aromatic heterocycles. The van der Waals surface area contributed by atoms with Crippen molar-refractivity contribution in [1.29, 1.82) is 0 Å². The maximum Gasteiger partial charge on any atom is 0.136 e. The van der Waals surface area contributed by atoms with Crippen LogP contribution in [0.3, 0.4) is 0 Å². The topological polar surface area (TPSA) is 43.9 Å². The number of hydrogen-bond acceptors (Lipinski definition) is 3. The Hall–Kier alpha value is -4.44. The van der Waals surface area contributed by atoms with Crippen molar-refractivity contribution < 1.29 is 4.42 Å². The van der Waals surface area contributed by atoms with Crippen LogP contribution in [0.4, 0.5) is 0 Å². The summed E-state index contributed by atoms with van der Waals surface area (Å²) in [6.07, 6.45) is 0. The highest BCUT2D eigenvalue weighted by atomic mass is 16.3. The van der Waals surface area contributed by atoms with E-state index in [1.807, 2.05) is 48.5 Å². The van der Waals surface area contributed by atoms with Gasteiger partial charge in [0.2, 0.25) is 0 Å². The summed E-state index contributed by atoms with van der Waals surface area (Å²) >= 11 is 0. The Labute approximate surface area is 183 Å². The van der Waals surface area contributed by atoms with Crippen LogP contribution in [0.5, 0.6) is 0 Å². The molecular formula is C28H17N3O. The van der Waals surface area contributed by atoms with Crippen molar-refractivity contribution in [3.05, 3.63) is 103 Å². The second-order valence-electron chi connectivity index (χ2n) is 8.04. The summed E-state index contributed by atoms with van der Waals surface area (Å²) in [5.74, 6) is 0. The van der Waals surface area contributed by atoms with E-state index in [2.05, 4.69) is 64.8 Å². The molecule has 0 unspecified atom stereocenters. The molecule has 0 N–H and O–H groups in total. The Morgan fingerprint density at radius 1 is 0.531 bits per heavy atom. The first-order valence-corrected chi connectivity index (χ1v) is 10.6. The molecule has 4 heteroatoms. The summed E-state index contributed by atoms with van der Waals surface area (Å²) < 4.78 is 6.09. The lowest BCUT2D eigenvalue weighted by molar-refractivity contribution is 0.669. The van der Waals surface area contributed by atoms with Gasteiger partial charge < -0.3 is 4.42 Å². The average Bonchev–Trinajstić information content (AvgIpc) is 3.43. The summed E-state index contributed by atoms with van der Waals surface area (Å²) in [4.78, 5) is 1.69. The van der Waals surface area contributed by atoms with Crippen molar-refractivity contribution in [2.75, 3.05) is 0 Å². The summed E-state index contributed by atoms with van der Waals surface area (Å²) in [5.41, 5.74) is 6.79. The Morgan fingerprint density at radius 2 is 1.31 bits per heavy atom. The van der Waals surface area contributed by atoms with Crippen LogP contribution in [0.1, 0.15) is 0 Å². The molecule has 7 rings (SSSR count). The fourth-order valence-corrected chi connectivity index (χ4v) is 4.42. The van der Waals surface area contributed by atoms with Gasteiger partial charge in [0.05, 0.1) is 5.69 Å². The maximum absolute atomic E-state index is 6.09. The van der Waals surface area contributed by atoms with E-state index >= 15 is 0 Å². The molecule has 0 bridgehead atoms. The highest BCUT2D eigenvalue weighted by molar-refractivity contribution is 6.10. The molecule has 0 aliphatic heterocycles. The van der Waals surface area contributed by atoms with E-state index in [1.165, 1.54) is 5.39 Å². The lowest BCUT2D eigenvalue weighted by Crippen LogP contribution is -1.97. The molecule has 0 aliphatic rings. The van der Waals surface area contributed by atoms with Gasteiger partial charge in [0.15, 0.2) is 0 Å². The van der Waals surface area contributed by atoms with Gasteiger partial charge in [-0.25, -0.2) is 0 Å². The lowest BCUT2D eigenvalue weighted by atomic mass is 9.99. The molecule has 150 valence electrons. The van der Waals surface area contributed by atoms with Gasteiger partial charge in [0.1, 0.15) is 22.2 Å². The zero-order valence-electron chi connectivity index (χ0n) is 17.1. The number of benzene rings is 5. The van der Waals surface area contributed by atoms with Gasteiger partial charge in [-0.2, -0.15) is 4.80 Å². The van der Waals surface area contributed by atoms with Crippen molar-refractivity contribution >= 4 is 43.7 Å². The maximum atomic E-state index is 6.09. The summed E-state index contributed by atoms with van der Waals surface area (Å²) in [5, 5.41) is 14.0. The molecule has 0 saturated heterocycles. The van der Waals surface area contributed by atoms with Crippen LogP contribution < -0.4 is 0 Å². The molecular weight excluding hydrogens is 394 g/mol. The van der Waals surface area contributed by atoms with Crippen LogP contribution in [-0.4, -0.2) is 15.0 Å². The number of furan rings is 1. The fourth-order valence-electron chi connectivity index (χ4n) is 4.42. The van der Waals surface area contributed by atoms with Gasteiger partial charge in [-0.3, -0.25) is 0 Å². The first kappa shape index (κ1) is 17.3. The van der Waals surface area contributed by atoms with Crippen LogP contribution >= 0.6 is 0 Å². The van der Waals surface area contributed by atoms with Gasteiger partial charge in [0.25, 0.3) is 0 Å². The molecule has 0 atom stereocenters. The fraction of sp³-hybridized carbons (Fsp3) is 0. The second kappa shape index (κ2) is 6.53. The standard InChI is InChI=1S/C28H17N3O/c1-2-6-22(7-3-1)31-29-25-13-12-20(16-26(25)30-31)18-10-11-19-15-24-23-8-4-5-9-27(23)32-28(24)17-21(19)14-18/h1-17H. The highest BCUT2D eigenvalue weighted by Crippen LogP contribution is 2.34. The summed E-state index contributed by atoms with van der Waals surface area (Å²) in [6, 6.07) is 35.3. The second-order valence-corrected chi connectivity index (χ2v) is 8.04. The molecule has 4 nitrogen and oxygen atoms in total. The third kappa shape index (κ3) is 2.63. The van der Waals surface area contributed by atoms with E-state index in [0.29, 0.717) is 0 Å². The van der Waals surface area contributed by atoms with Gasteiger partial charge in [-0.1, -0.05) is 54.6 Å². The minimum Gasteiger partial charge on any atom is -0.456 e. The quantitative estimate of drug-likeness (QED) is 0.304. The van der Waals surface area contributed by atoms with Crippen LogP contribution in [0.25, 0.3) is 60.6 Å². The molecule has 0 fully saturated rings. The number of para-hydroxylation sites is 2. The monoisotopic (exact) mass is 411 g/mol. The molecule has 0 aliphatic carbocycles. The zero-order valence-corrected chi connectivity index (χ0v) is 17.1. The predicted octanol–water partition coefficient (Wildman–Crippen LogP) is 7.14. The van der Waals surface area contributed by atoms with Crippen molar-refractivity contribution in [2.24, 2.45) is 0 Å². The molecule has 0 spiro atoms. The predicted molar refractivity (Wildman–Crippen MR) is 129 cm³/mol. The Bertz CT molecular complexity index is 1780. The average molecular weight is 411 g/mol. The minimum absolute atomic E-state index is 0.874. The molecule has 32 heavy (non-hydrogen) atoms. The van der Waals surface area contributed by atoms with E-state index in [9.17, 15) is 0 Å². The molecule has 5 aromatic carbocycles. The molecule has 0 radical (unpaired) electrons. The zero-order chi connectivity index (χ0) is 21.1. The SMILES string of the molecule is c1ccc(-n2nc3ccc(-c4ccc5cc6c(cc5c4)oc4ccccc46)cc3n2)cc1. The van der Waals surface area contributed by atoms with Crippen molar-refractivity contribution in [3.8, 4) is 16.8 Å². The highest BCUT2D eigenvalue weighted by Gasteiger charge is 2.10. The first-order valence-electron chi connectivity index (χ1n) is 10.6. The summed E-state index contributed by atoms with van der Waals surface area (Å²) in [7, 11) is 0. The molecule has 0 amide bonds. The summed E-state index contributed by atoms with van der Waals surface area (Å²) in [6.45, 7) is 0. The largest absolute Gasteiger partial charge is 0.456 e. The Balaban J connectivity index is 1.35. The normalized spacial score (nSPS) is 11.8. The Morgan fingerprint density at radius 3 is 2.25 bits per heavy atom. The Kier molecular flexibility index (Phi) is 3.52. The number of aromatic nitrogens is 3. The number of rotatable bonds is 2. The smallest absolute Gasteiger partial charge is 0.136 e.